The van der Waals surface area contributed by atoms with E-state index in [1.807, 2.05) is 0 Å². The monoisotopic (exact) mass is 417 g/mol. The quantitative estimate of drug-likeness (QED) is 0.556. The molecule has 0 aliphatic carbocycles. The zero-order valence-electron chi connectivity index (χ0n) is 16.3. The molecule has 10 heteroatoms. The fraction of sp³-hybridized carbons (Fsp3) is 0.316. The van der Waals surface area contributed by atoms with E-state index in [9.17, 15) is 14.4 Å². The Morgan fingerprint density at radius 2 is 1.93 bits per heavy atom. The standard InChI is InChI=1S/C19H20ClN5O4/c1-12-13(17(20)23(2)22-12)5-6-16(26)24-9-4-10-25(24)18(27)15-11-21-8-7-14(15)19(28)29-3/h5-8,11H,4,9-10H2,1-3H3/b6-5+. The van der Waals surface area contributed by atoms with Gasteiger partial charge in [-0.05, 0) is 25.5 Å². The molecule has 2 aromatic heterocycles. The normalized spacial score (nSPS) is 13.9. The number of nitrogens with zero attached hydrogens (tertiary/aromatic N) is 5. The van der Waals surface area contributed by atoms with E-state index < -0.39 is 11.9 Å². The molecule has 0 saturated carbocycles. The molecule has 29 heavy (non-hydrogen) atoms. The largest absolute Gasteiger partial charge is 0.465 e. The number of hydrazine groups is 1. The van der Waals surface area contributed by atoms with Crippen LogP contribution in [-0.2, 0) is 16.6 Å². The van der Waals surface area contributed by atoms with Crippen molar-refractivity contribution >= 4 is 35.5 Å². The van der Waals surface area contributed by atoms with Gasteiger partial charge in [0.2, 0.25) is 0 Å². The summed E-state index contributed by atoms with van der Waals surface area (Å²) in [6, 6.07) is 1.41. The lowest BCUT2D eigenvalue weighted by atomic mass is 10.1. The zero-order valence-corrected chi connectivity index (χ0v) is 17.0. The number of aryl methyl sites for hydroxylation is 2. The highest BCUT2D eigenvalue weighted by atomic mass is 35.5. The molecule has 9 nitrogen and oxygen atoms in total. The van der Waals surface area contributed by atoms with Crippen LogP contribution in [0.4, 0.5) is 0 Å². The maximum Gasteiger partial charge on any atom is 0.338 e. The topological polar surface area (TPSA) is 97.6 Å². The number of pyridine rings is 1. The molecule has 1 saturated heterocycles. The number of amides is 2. The van der Waals surface area contributed by atoms with Crippen LogP contribution in [-0.4, -0.2) is 62.8 Å². The Morgan fingerprint density at radius 1 is 1.21 bits per heavy atom. The van der Waals surface area contributed by atoms with Crippen molar-refractivity contribution in [2.24, 2.45) is 7.05 Å². The molecule has 2 aromatic rings. The highest BCUT2D eigenvalue weighted by molar-refractivity contribution is 6.31. The second kappa shape index (κ2) is 8.44. The fourth-order valence-corrected chi connectivity index (χ4v) is 3.36. The average molecular weight is 418 g/mol. The number of methoxy groups -OCH3 is 1. The van der Waals surface area contributed by atoms with Crippen molar-refractivity contribution in [3.8, 4) is 0 Å². The van der Waals surface area contributed by atoms with Crippen LogP contribution in [0.25, 0.3) is 6.08 Å². The molecular weight excluding hydrogens is 398 g/mol. The van der Waals surface area contributed by atoms with E-state index in [2.05, 4.69) is 10.1 Å². The molecule has 0 radical (unpaired) electrons. The zero-order chi connectivity index (χ0) is 21.1. The summed E-state index contributed by atoms with van der Waals surface area (Å²) in [6.07, 6.45) is 6.25. The van der Waals surface area contributed by atoms with Gasteiger partial charge in [0.1, 0.15) is 5.15 Å². The van der Waals surface area contributed by atoms with Gasteiger partial charge in [-0.1, -0.05) is 11.6 Å². The van der Waals surface area contributed by atoms with Crippen LogP contribution in [0.1, 0.15) is 38.4 Å². The summed E-state index contributed by atoms with van der Waals surface area (Å²) in [4.78, 5) is 41.6. The van der Waals surface area contributed by atoms with E-state index >= 15 is 0 Å². The van der Waals surface area contributed by atoms with Crippen LogP contribution < -0.4 is 0 Å². The summed E-state index contributed by atoms with van der Waals surface area (Å²) >= 11 is 6.19. The van der Waals surface area contributed by atoms with Crippen molar-refractivity contribution in [1.82, 2.24) is 24.8 Å². The predicted octanol–water partition coefficient (Wildman–Crippen LogP) is 1.87. The first-order valence-corrected chi connectivity index (χ1v) is 9.25. The smallest absolute Gasteiger partial charge is 0.338 e. The Kier molecular flexibility index (Phi) is 5.97. The lowest BCUT2D eigenvalue weighted by molar-refractivity contribution is -0.134. The second-order valence-electron chi connectivity index (χ2n) is 6.40. The van der Waals surface area contributed by atoms with Gasteiger partial charge < -0.3 is 4.74 Å². The molecule has 0 N–H and O–H groups in total. The van der Waals surface area contributed by atoms with E-state index in [1.54, 1.807) is 20.0 Å². The average Bonchev–Trinajstić information content (AvgIpc) is 3.30. The Morgan fingerprint density at radius 3 is 2.59 bits per heavy atom. The molecule has 0 spiro atoms. The highest BCUT2D eigenvalue weighted by Gasteiger charge is 2.32. The molecule has 3 heterocycles. The Bertz CT molecular complexity index is 1000. The van der Waals surface area contributed by atoms with E-state index in [4.69, 9.17) is 16.3 Å². The number of hydrogen-bond acceptors (Lipinski definition) is 6. The summed E-state index contributed by atoms with van der Waals surface area (Å²) in [7, 11) is 2.95. The van der Waals surface area contributed by atoms with E-state index in [0.29, 0.717) is 35.9 Å². The number of carbonyl (C=O) groups is 3. The van der Waals surface area contributed by atoms with Crippen molar-refractivity contribution in [2.75, 3.05) is 20.2 Å². The van der Waals surface area contributed by atoms with Gasteiger partial charge in [0, 0.05) is 44.2 Å². The van der Waals surface area contributed by atoms with Gasteiger partial charge in [-0.3, -0.25) is 19.3 Å². The van der Waals surface area contributed by atoms with Crippen molar-refractivity contribution in [3.63, 3.8) is 0 Å². The van der Waals surface area contributed by atoms with E-state index in [0.717, 1.165) is 0 Å². The molecule has 1 aliphatic rings. The maximum atomic E-state index is 13.0. The maximum absolute atomic E-state index is 13.0. The molecular formula is C19H20ClN5O4. The SMILES string of the molecule is COC(=O)c1ccncc1C(=O)N1CCCN1C(=O)/C=C/c1c(C)nn(C)c1Cl. The first-order chi connectivity index (χ1) is 13.8. The van der Waals surface area contributed by atoms with E-state index in [-0.39, 0.29) is 17.0 Å². The van der Waals surface area contributed by atoms with Crippen molar-refractivity contribution in [2.45, 2.75) is 13.3 Å². The Hall–Kier alpha value is -3.20. The van der Waals surface area contributed by atoms with Gasteiger partial charge in [0.15, 0.2) is 0 Å². The first kappa shape index (κ1) is 20.5. The highest BCUT2D eigenvalue weighted by Crippen LogP contribution is 2.22. The Labute approximate surface area is 172 Å². The lowest BCUT2D eigenvalue weighted by Gasteiger charge is -2.27. The van der Waals surface area contributed by atoms with Crippen molar-refractivity contribution < 1.29 is 19.1 Å². The van der Waals surface area contributed by atoms with Gasteiger partial charge >= 0.3 is 5.97 Å². The number of halogens is 1. The molecule has 152 valence electrons. The second-order valence-corrected chi connectivity index (χ2v) is 6.76. The van der Waals surface area contributed by atoms with Crippen LogP contribution in [0.5, 0.6) is 0 Å². The molecule has 0 unspecified atom stereocenters. The summed E-state index contributed by atoms with van der Waals surface area (Å²) in [6.45, 7) is 2.52. The van der Waals surface area contributed by atoms with Crippen LogP contribution >= 0.6 is 11.6 Å². The third kappa shape index (κ3) is 4.00. The van der Waals surface area contributed by atoms with Gasteiger partial charge in [-0.25, -0.2) is 14.8 Å². The van der Waals surface area contributed by atoms with E-state index in [1.165, 1.54) is 46.3 Å². The third-order valence-corrected chi connectivity index (χ3v) is 5.01. The van der Waals surface area contributed by atoms with Crippen LogP contribution in [0.15, 0.2) is 24.5 Å². The van der Waals surface area contributed by atoms with Gasteiger partial charge in [0.25, 0.3) is 11.8 Å². The number of carbonyl (C=O) groups excluding carboxylic acids is 3. The summed E-state index contributed by atoms with van der Waals surface area (Å²) in [5, 5.41) is 7.27. The van der Waals surface area contributed by atoms with Crippen molar-refractivity contribution in [3.05, 3.63) is 52.1 Å². The molecule has 0 aromatic carbocycles. The minimum absolute atomic E-state index is 0.0779. The molecule has 0 bridgehead atoms. The minimum Gasteiger partial charge on any atom is -0.465 e. The van der Waals surface area contributed by atoms with Crippen LogP contribution in [0.2, 0.25) is 5.15 Å². The molecule has 1 aliphatic heterocycles. The molecule has 1 fully saturated rings. The number of aromatic nitrogens is 3. The molecule has 2 amide bonds. The van der Waals surface area contributed by atoms with Gasteiger partial charge in [-0.2, -0.15) is 5.10 Å². The summed E-state index contributed by atoms with van der Waals surface area (Å²) in [5.74, 6) is -1.51. The Balaban J connectivity index is 1.83. The van der Waals surface area contributed by atoms with Crippen LogP contribution in [0.3, 0.4) is 0 Å². The molecule has 3 rings (SSSR count). The number of hydrogen-bond donors (Lipinski definition) is 0. The van der Waals surface area contributed by atoms with Crippen molar-refractivity contribution in [1.29, 1.82) is 0 Å². The third-order valence-electron chi connectivity index (χ3n) is 4.57. The summed E-state index contributed by atoms with van der Waals surface area (Å²) < 4.78 is 6.24. The number of esters is 1. The lowest BCUT2D eigenvalue weighted by Crippen LogP contribution is -2.44. The summed E-state index contributed by atoms with van der Waals surface area (Å²) in [5.41, 5.74) is 1.50. The van der Waals surface area contributed by atoms with Gasteiger partial charge in [0.05, 0.1) is 23.9 Å². The first-order valence-electron chi connectivity index (χ1n) is 8.88. The fourth-order valence-electron chi connectivity index (χ4n) is 3.12. The van der Waals surface area contributed by atoms with Crippen LogP contribution in [0, 0.1) is 6.92 Å². The van der Waals surface area contributed by atoms with Gasteiger partial charge in [-0.15, -0.1) is 0 Å². The molecule has 0 atom stereocenters. The minimum atomic E-state index is -0.644. The number of rotatable bonds is 4. The predicted molar refractivity (Wildman–Crippen MR) is 105 cm³/mol. The number of ether oxygens (including phenoxy) is 1.